The Balaban J connectivity index is 1.61. The Morgan fingerprint density at radius 1 is 1.30 bits per heavy atom. The van der Waals surface area contributed by atoms with E-state index in [1.54, 1.807) is 11.2 Å². The highest BCUT2D eigenvalue weighted by molar-refractivity contribution is 5.94. The van der Waals surface area contributed by atoms with Crippen LogP contribution in [0.2, 0.25) is 0 Å². The van der Waals surface area contributed by atoms with E-state index in [0.29, 0.717) is 19.0 Å². The van der Waals surface area contributed by atoms with Crippen LogP contribution in [-0.2, 0) is 6.54 Å². The average molecular weight is 374 g/mol. The summed E-state index contributed by atoms with van der Waals surface area (Å²) in [5.74, 6) is -0.656. The number of hydrogen-bond donors (Lipinski definition) is 0. The van der Waals surface area contributed by atoms with E-state index in [-0.39, 0.29) is 22.8 Å². The molecule has 2 aromatic rings. The van der Waals surface area contributed by atoms with Crippen LogP contribution in [0, 0.1) is 23.0 Å². The van der Waals surface area contributed by atoms with Gasteiger partial charge in [0.05, 0.1) is 0 Å². The van der Waals surface area contributed by atoms with E-state index in [0.717, 1.165) is 43.8 Å². The van der Waals surface area contributed by atoms with Crippen LogP contribution in [0.3, 0.4) is 0 Å². The van der Waals surface area contributed by atoms with E-state index < -0.39 is 11.6 Å². The summed E-state index contributed by atoms with van der Waals surface area (Å²) in [6, 6.07) is 3.34. The van der Waals surface area contributed by atoms with Gasteiger partial charge < -0.3 is 9.47 Å². The number of carbonyl (C=O) groups excluding carboxylic acids is 1. The molecule has 1 aliphatic carbocycles. The molecule has 144 valence electrons. The maximum atomic E-state index is 13.6. The van der Waals surface area contributed by atoms with E-state index in [4.69, 9.17) is 0 Å². The van der Waals surface area contributed by atoms with Crippen LogP contribution in [0.25, 0.3) is 0 Å². The fourth-order valence-electron chi connectivity index (χ4n) is 4.50. The van der Waals surface area contributed by atoms with Gasteiger partial charge >= 0.3 is 0 Å². The number of nitrogens with zero attached hydrogens (tertiary/aromatic N) is 4. The molecular weight excluding hydrogens is 350 g/mol. The molecule has 1 atom stereocenters. The van der Waals surface area contributed by atoms with E-state index in [1.807, 2.05) is 0 Å². The lowest BCUT2D eigenvalue weighted by Crippen LogP contribution is -2.38. The van der Waals surface area contributed by atoms with Crippen LogP contribution in [0.1, 0.15) is 55.2 Å². The highest BCUT2D eigenvalue weighted by Gasteiger charge is 2.53. The number of aromatic nitrogens is 3. The summed E-state index contributed by atoms with van der Waals surface area (Å²) in [6.07, 6.45) is 5.01. The maximum absolute atomic E-state index is 13.6. The summed E-state index contributed by atoms with van der Waals surface area (Å²) in [4.78, 5) is 14.7. The number of amides is 1. The van der Waals surface area contributed by atoms with Crippen LogP contribution >= 0.6 is 0 Å². The molecule has 1 spiro atoms. The summed E-state index contributed by atoms with van der Waals surface area (Å²) in [5, 5.41) is 8.50. The molecule has 0 radical (unpaired) electrons. The van der Waals surface area contributed by atoms with Gasteiger partial charge in [-0.1, -0.05) is 20.3 Å². The Bertz CT molecular complexity index is 859. The number of carbonyl (C=O) groups is 1. The Kier molecular flexibility index (Phi) is 4.48. The van der Waals surface area contributed by atoms with Crippen molar-refractivity contribution in [2.24, 2.45) is 11.3 Å². The molecule has 1 saturated heterocycles. The van der Waals surface area contributed by atoms with E-state index >= 15 is 0 Å². The first kappa shape index (κ1) is 18.1. The Hall–Kier alpha value is -2.31. The van der Waals surface area contributed by atoms with Crippen molar-refractivity contribution in [3.63, 3.8) is 0 Å². The third-order valence-electron chi connectivity index (χ3n) is 5.97. The van der Waals surface area contributed by atoms with Crippen molar-refractivity contribution in [1.29, 1.82) is 0 Å². The molecule has 4 rings (SSSR count). The van der Waals surface area contributed by atoms with Crippen LogP contribution in [0.5, 0.6) is 0 Å². The zero-order valence-electron chi connectivity index (χ0n) is 15.7. The lowest BCUT2D eigenvalue weighted by Gasteiger charge is -2.42. The molecule has 27 heavy (non-hydrogen) atoms. The zero-order valence-corrected chi connectivity index (χ0v) is 15.7. The van der Waals surface area contributed by atoms with Gasteiger partial charge in [-0.25, -0.2) is 8.78 Å². The fraction of sp³-hybridized carbons (Fsp3) is 0.550. The lowest BCUT2D eigenvalue weighted by molar-refractivity contribution is 0.0722. The van der Waals surface area contributed by atoms with Crippen LogP contribution < -0.4 is 0 Å². The monoisotopic (exact) mass is 374 g/mol. The first-order chi connectivity index (χ1) is 12.9. The number of benzene rings is 1. The van der Waals surface area contributed by atoms with E-state index in [1.165, 1.54) is 6.07 Å². The van der Waals surface area contributed by atoms with Gasteiger partial charge in [0.1, 0.15) is 12.2 Å². The molecule has 1 unspecified atom stereocenters. The van der Waals surface area contributed by atoms with Crippen LogP contribution in [0.4, 0.5) is 8.78 Å². The highest BCUT2D eigenvalue weighted by atomic mass is 19.2. The second-order valence-corrected chi connectivity index (χ2v) is 8.32. The molecule has 1 aromatic heterocycles. The number of rotatable bonds is 4. The molecule has 5 nitrogen and oxygen atoms in total. The standard InChI is InChI=1S/C20H24F2N4O/c1-13(2)9-26-12-23-24-18(26)15-10-25(11-20(15)6-3-7-20)19(27)14-4-5-16(21)17(22)8-14/h4-5,8,12-13,15H,3,6-7,9-11H2,1-2H3. The molecule has 0 bridgehead atoms. The predicted molar refractivity (Wildman–Crippen MR) is 96.1 cm³/mol. The van der Waals surface area contributed by atoms with Crippen molar-refractivity contribution in [3.05, 3.63) is 47.5 Å². The summed E-state index contributed by atoms with van der Waals surface area (Å²) in [7, 11) is 0. The van der Waals surface area contributed by atoms with E-state index in [2.05, 4.69) is 28.6 Å². The average Bonchev–Trinajstić information content (AvgIpc) is 3.19. The number of halogens is 2. The Morgan fingerprint density at radius 3 is 2.70 bits per heavy atom. The lowest BCUT2D eigenvalue weighted by atomic mass is 9.62. The molecule has 1 saturated carbocycles. The molecule has 1 amide bonds. The molecule has 2 aliphatic rings. The minimum absolute atomic E-state index is 0.0238. The zero-order chi connectivity index (χ0) is 19.2. The maximum Gasteiger partial charge on any atom is 0.254 e. The molecule has 2 fully saturated rings. The first-order valence-corrected chi connectivity index (χ1v) is 9.52. The topological polar surface area (TPSA) is 51.0 Å². The van der Waals surface area contributed by atoms with Crippen molar-refractivity contribution in [2.45, 2.75) is 45.6 Å². The predicted octanol–water partition coefficient (Wildman–Crippen LogP) is 3.62. The van der Waals surface area contributed by atoms with Gasteiger partial charge in [0.15, 0.2) is 11.6 Å². The SMILES string of the molecule is CC(C)Cn1cnnc1C1CN(C(=O)c2ccc(F)c(F)c2)CC12CCC2. The van der Waals surface area contributed by atoms with Crippen molar-refractivity contribution in [3.8, 4) is 0 Å². The van der Waals surface area contributed by atoms with Crippen LogP contribution in [-0.4, -0.2) is 38.7 Å². The van der Waals surface area contributed by atoms with Gasteiger partial charge in [0.2, 0.25) is 0 Å². The molecule has 1 aromatic carbocycles. The van der Waals surface area contributed by atoms with Gasteiger partial charge in [-0.05, 0) is 42.4 Å². The normalized spacial score (nSPS) is 21.1. The number of likely N-dealkylation sites (tertiary alicyclic amines) is 1. The van der Waals surface area contributed by atoms with Gasteiger partial charge in [0, 0.05) is 31.1 Å². The second kappa shape index (κ2) is 6.69. The van der Waals surface area contributed by atoms with Gasteiger partial charge in [-0.2, -0.15) is 0 Å². The minimum atomic E-state index is -0.994. The third-order valence-corrected chi connectivity index (χ3v) is 5.97. The smallest absolute Gasteiger partial charge is 0.254 e. The summed E-state index contributed by atoms with van der Waals surface area (Å²) in [6.45, 7) is 6.30. The molecule has 7 heteroatoms. The quantitative estimate of drug-likeness (QED) is 0.821. The highest BCUT2D eigenvalue weighted by Crippen LogP contribution is 2.55. The van der Waals surface area contributed by atoms with Gasteiger partial charge in [0.25, 0.3) is 5.91 Å². The summed E-state index contributed by atoms with van der Waals surface area (Å²) in [5.41, 5.74) is 0.211. The molecule has 0 N–H and O–H groups in total. The Morgan fingerprint density at radius 2 is 2.07 bits per heavy atom. The van der Waals surface area contributed by atoms with Gasteiger partial charge in [-0.15, -0.1) is 10.2 Å². The van der Waals surface area contributed by atoms with E-state index in [9.17, 15) is 13.6 Å². The Labute approximate surface area is 157 Å². The fourth-order valence-corrected chi connectivity index (χ4v) is 4.50. The van der Waals surface area contributed by atoms with Crippen molar-refractivity contribution in [2.75, 3.05) is 13.1 Å². The number of hydrogen-bond acceptors (Lipinski definition) is 3. The molecule has 1 aliphatic heterocycles. The van der Waals surface area contributed by atoms with Crippen molar-refractivity contribution >= 4 is 5.91 Å². The summed E-state index contributed by atoms with van der Waals surface area (Å²) < 4.78 is 28.9. The largest absolute Gasteiger partial charge is 0.337 e. The van der Waals surface area contributed by atoms with Crippen molar-refractivity contribution < 1.29 is 13.6 Å². The first-order valence-electron chi connectivity index (χ1n) is 9.52. The minimum Gasteiger partial charge on any atom is -0.337 e. The molecular formula is C20H24F2N4O. The molecule has 2 heterocycles. The van der Waals surface area contributed by atoms with Crippen molar-refractivity contribution in [1.82, 2.24) is 19.7 Å². The third kappa shape index (κ3) is 3.13. The van der Waals surface area contributed by atoms with Crippen LogP contribution in [0.15, 0.2) is 24.5 Å². The van der Waals surface area contributed by atoms with Gasteiger partial charge in [-0.3, -0.25) is 4.79 Å². The summed E-state index contributed by atoms with van der Waals surface area (Å²) >= 11 is 0. The second-order valence-electron chi connectivity index (χ2n) is 8.32.